The van der Waals surface area contributed by atoms with Gasteiger partial charge in [0.15, 0.2) is 0 Å². The van der Waals surface area contributed by atoms with Crippen molar-refractivity contribution in [2.24, 2.45) is 0 Å². The fourth-order valence-electron chi connectivity index (χ4n) is 1.58. The van der Waals surface area contributed by atoms with Crippen LogP contribution in [0.25, 0.3) is 0 Å². The Kier molecular flexibility index (Phi) is 4.62. The van der Waals surface area contributed by atoms with E-state index in [1.54, 1.807) is 18.2 Å². The molecule has 0 aliphatic carbocycles. The van der Waals surface area contributed by atoms with E-state index in [0.29, 0.717) is 17.0 Å². The number of anilines is 1. The van der Waals surface area contributed by atoms with Gasteiger partial charge in [-0.3, -0.25) is 0 Å². The van der Waals surface area contributed by atoms with E-state index in [-0.39, 0.29) is 12.4 Å². The van der Waals surface area contributed by atoms with E-state index in [4.69, 9.17) is 10.5 Å². The Balaban J connectivity index is 1.99. The number of benzene rings is 2. The molecule has 0 aliphatic heterocycles. The summed E-state index contributed by atoms with van der Waals surface area (Å²) in [5.41, 5.74) is 6.92. The van der Waals surface area contributed by atoms with Gasteiger partial charge >= 0.3 is 6.36 Å². The molecule has 0 heterocycles. The van der Waals surface area contributed by atoms with Crippen molar-refractivity contribution in [2.75, 3.05) is 5.73 Å². The van der Waals surface area contributed by atoms with Crippen LogP contribution >= 0.6 is 15.9 Å². The molecule has 0 bridgehead atoms. The second kappa shape index (κ2) is 6.26. The largest absolute Gasteiger partial charge is 0.573 e. The maximum absolute atomic E-state index is 12.0. The summed E-state index contributed by atoms with van der Waals surface area (Å²) in [6.45, 7) is 0.203. The second-order valence-electron chi connectivity index (χ2n) is 4.17. The van der Waals surface area contributed by atoms with E-state index < -0.39 is 6.36 Å². The first-order valence-electron chi connectivity index (χ1n) is 5.86. The summed E-state index contributed by atoms with van der Waals surface area (Å²) in [7, 11) is 0. The summed E-state index contributed by atoms with van der Waals surface area (Å²) in [6.07, 6.45) is -4.69. The van der Waals surface area contributed by atoms with Crippen molar-refractivity contribution >= 4 is 21.6 Å². The maximum atomic E-state index is 12.0. The van der Waals surface area contributed by atoms with Gasteiger partial charge in [-0.25, -0.2) is 0 Å². The fraction of sp³-hybridized carbons (Fsp3) is 0.143. The molecule has 2 N–H and O–H groups in total. The minimum Gasteiger partial charge on any atom is -0.488 e. The van der Waals surface area contributed by atoms with Crippen molar-refractivity contribution in [2.45, 2.75) is 13.0 Å². The Morgan fingerprint density at radius 1 is 1.05 bits per heavy atom. The lowest BCUT2D eigenvalue weighted by atomic mass is 10.2. The second-order valence-corrected chi connectivity index (χ2v) is 5.02. The van der Waals surface area contributed by atoms with Gasteiger partial charge in [0.1, 0.15) is 18.1 Å². The predicted octanol–water partition coefficient (Wildman–Crippen LogP) is 4.51. The van der Waals surface area contributed by atoms with Crippen LogP contribution in [0.4, 0.5) is 18.9 Å². The average Bonchev–Trinajstić information content (AvgIpc) is 2.40. The van der Waals surface area contributed by atoms with E-state index in [1.165, 1.54) is 24.3 Å². The highest BCUT2D eigenvalue weighted by molar-refractivity contribution is 9.10. The molecule has 3 nitrogen and oxygen atoms in total. The lowest BCUT2D eigenvalue weighted by molar-refractivity contribution is -0.274. The highest BCUT2D eigenvalue weighted by Gasteiger charge is 2.30. The van der Waals surface area contributed by atoms with Crippen molar-refractivity contribution in [3.63, 3.8) is 0 Å². The monoisotopic (exact) mass is 361 g/mol. The molecular formula is C14H11BrF3NO2. The standard InChI is InChI=1S/C14H11BrF3NO2/c15-12-6-3-10(19)7-13(12)20-8-9-1-4-11(5-2-9)21-14(16,17)18/h1-7H,8,19H2. The number of rotatable bonds is 4. The molecule has 21 heavy (non-hydrogen) atoms. The summed E-state index contributed by atoms with van der Waals surface area (Å²) in [5.74, 6) is 0.294. The highest BCUT2D eigenvalue weighted by atomic mass is 79.9. The molecule has 0 fully saturated rings. The van der Waals surface area contributed by atoms with Gasteiger partial charge in [-0.2, -0.15) is 0 Å². The molecule has 2 aromatic rings. The Bertz CT molecular complexity index is 615. The van der Waals surface area contributed by atoms with Crippen LogP contribution in [0.2, 0.25) is 0 Å². The van der Waals surface area contributed by atoms with Gasteiger partial charge in [0.25, 0.3) is 0 Å². The molecule has 0 amide bonds. The topological polar surface area (TPSA) is 44.5 Å². The summed E-state index contributed by atoms with van der Waals surface area (Å²) in [4.78, 5) is 0. The van der Waals surface area contributed by atoms with Gasteiger partial charge in [-0.05, 0) is 45.8 Å². The van der Waals surface area contributed by atoms with Crippen molar-refractivity contribution < 1.29 is 22.6 Å². The van der Waals surface area contributed by atoms with Crippen LogP contribution in [-0.2, 0) is 6.61 Å². The third-order valence-corrected chi connectivity index (χ3v) is 3.16. The fourth-order valence-corrected chi connectivity index (χ4v) is 1.94. The molecule has 0 aromatic heterocycles. The van der Waals surface area contributed by atoms with E-state index in [0.717, 1.165) is 4.47 Å². The summed E-state index contributed by atoms with van der Waals surface area (Å²) < 4.78 is 46.2. The number of alkyl halides is 3. The Morgan fingerprint density at radius 2 is 1.71 bits per heavy atom. The molecular weight excluding hydrogens is 351 g/mol. The van der Waals surface area contributed by atoms with Crippen molar-refractivity contribution in [1.82, 2.24) is 0 Å². The number of halogens is 4. The van der Waals surface area contributed by atoms with Gasteiger partial charge in [0, 0.05) is 11.8 Å². The molecule has 7 heteroatoms. The molecule has 0 saturated carbocycles. The van der Waals surface area contributed by atoms with Crippen LogP contribution in [0, 0.1) is 0 Å². The first kappa shape index (κ1) is 15.5. The van der Waals surface area contributed by atoms with Crippen LogP contribution < -0.4 is 15.2 Å². The average molecular weight is 362 g/mol. The van der Waals surface area contributed by atoms with Gasteiger partial charge in [-0.1, -0.05) is 12.1 Å². The Labute approximate surface area is 127 Å². The van der Waals surface area contributed by atoms with Gasteiger partial charge in [0.2, 0.25) is 0 Å². The molecule has 0 spiro atoms. The lowest BCUT2D eigenvalue weighted by Gasteiger charge is -2.11. The first-order chi connectivity index (χ1) is 9.83. The number of nitrogen functional groups attached to an aromatic ring is 1. The SMILES string of the molecule is Nc1ccc(Br)c(OCc2ccc(OC(F)(F)F)cc2)c1. The van der Waals surface area contributed by atoms with E-state index >= 15 is 0 Å². The van der Waals surface area contributed by atoms with Crippen LogP contribution in [0.3, 0.4) is 0 Å². The smallest absolute Gasteiger partial charge is 0.488 e. The molecule has 2 aromatic carbocycles. The number of nitrogens with two attached hydrogens (primary N) is 1. The molecule has 112 valence electrons. The van der Waals surface area contributed by atoms with E-state index in [1.807, 2.05) is 0 Å². The van der Waals surface area contributed by atoms with E-state index in [2.05, 4.69) is 20.7 Å². The summed E-state index contributed by atoms with van der Waals surface area (Å²) in [5, 5.41) is 0. The Morgan fingerprint density at radius 3 is 2.33 bits per heavy atom. The molecule has 0 radical (unpaired) electrons. The quantitative estimate of drug-likeness (QED) is 0.814. The molecule has 0 atom stereocenters. The van der Waals surface area contributed by atoms with Gasteiger partial charge in [0.05, 0.1) is 4.47 Å². The third-order valence-electron chi connectivity index (χ3n) is 2.51. The highest BCUT2D eigenvalue weighted by Crippen LogP contribution is 2.28. The minimum absolute atomic E-state index is 0.203. The normalized spacial score (nSPS) is 11.2. The van der Waals surface area contributed by atoms with Crippen LogP contribution in [-0.4, -0.2) is 6.36 Å². The summed E-state index contributed by atoms with van der Waals surface area (Å²) >= 11 is 3.32. The molecule has 0 aliphatic rings. The first-order valence-corrected chi connectivity index (χ1v) is 6.65. The molecule has 2 rings (SSSR count). The van der Waals surface area contributed by atoms with Crippen molar-refractivity contribution in [3.8, 4) is 11.5 Å². The Hall–Kier alpha value is -1.89. The lowest BCUT2D eigenvalue weighted by Crippen LogP contribution is -2.17. The van der Waals surface area contributed by atoms with Crippen molar-refractivity contribution in [1.29, 1.82) is 0 Å². The molecule has 0 unspecified atom stereocenters. The minimum atomic E-state index is -4.69. The third kappa shape index (κ3) is 4.86. The number of ether oxygens (including phenoxy) is 2. The van der Waals surface area contributed by atoms with Gasteiger partial charge < -0.3 is 15.2 Å². The zero-order valence-corrected chi connectivity index (χ0v) is 12.2. The van der Waals surface area contributed by atoms with E-state index in [9.17, 15) is 13.2 Å². The van der Waals surface area contributed by atoms with Crippen LogP contribution in [0.15, 0.2) is 46.9 Å². The molecule has 0 saturated heterocycles. The van der Waals surface area contributed by atoms with Crippen LogP contribution in [0.1, 0.15) is 5.56 Å². The maximum Gasteiger partial charge on any atom is 0.573 e. The zero-order chi connectivity index (χ0) is 15.5. The van der Waals surface area contributed by atoms with Crippen molar-refractivity contribution in [3.05, 3.63) is 52.5 Å². The summed E-state index contributed by atoms with van der Waals surface area (Å²) in [6, 6.07) is 10.6. The number of hydrogen-bond acceptors (Lipinski definition) is 3. The zero-order valence-electron chi connectivity index (χ0n) is 10.7. The van der Waals surface area contributed by atoms with Gasteiger partial charge in [-0.15, -0.1) is 13.2 Å². The van der Waals surface area contributed by atoms with Crippen LogP contribution in [0.5, 0.6) is 11.5 Å². The number of hydrogen-bond donors (Lipinski definition) is 1. The predicted molar refractivity (Wildman–Crippen MR) is 76.0 cm³/mol.